The van der Waals surface area contributed by atoms with Crippen LogP contribution in [0.15, 0.2) is 60.8 Å². The van der Waals surface area contributed by atoms with Crippen LogP contribution in [-0.4, -0.2) is 37.9 Å². The summed E-state index contributed by atoms with van der Waals surface area (Å²) in [5, 5.41) is 0. The third kappa shape index (κ3) is 56.2. The van der Waals surface area contributed by atoms with Gasteiger partial charge in [0.2, 0.25) is 0 Å². The Morgan fingerprint density at radius 1 is 0.324 bits per heavy atom. The number of allylic oxidation sites excluding steroid dienone is 10. The van der Waals surface area contributed by atoms with E-state index in [1.54, 1.807) is 0 Å². The molecule has 5 heteroatoms. The SMILES string of the molecule is CCCCC/C=C\C/C=C\C/C=C\C/C=C\CCCC(=O)OC[C@@H](COCCCCCCCCCCCCCCCCCC)OC(=O)CCCCCCCCCCC/C=C\CCCCCCCC. The Labute approximate surface area is 424 Å². The van der Waals surface area contributed by atoms with E-state index in [1.807, 2.05) is 0 Å². The van der Waals surface area contributed by atoms with Crippen molar-refractivity contribution >= 4 is 11.9 Å². The van der Waals surface area contributed by atoms with Gasteiger partial charge >= 0.3 is 11.9 Å². The van der Waals surface area contributed by atoms with Crippen LogP contribution in [0.1, 0.15) is 303 Å². The molecule has 0 fully saturated rings. The van der Waals surface area contributed by atoms with Crippen molar-refractivity contribution in [2.24, 2.45) is 0 Å². The molecule has 0 bridgehead atoms. The summed E-state index contributed by atoms with van der Waals surface area (Å²) in [6.45, 7) is 7.79. The van der Waals surface area contributed by atoms with Gasteiger partial charge in [0.05, 0.1) is 6.61 Å². The van der Waals surface area contributed by atoms with Crippen LogP contribution in [0.2, 0.25) is 0 Å². The zero-order chi connectivity index (χ0) is 49.2. The minimum Gasteiger partial charge on any atom is -0.462 e. The molecule has 0 aliphatic carbocycles. The predicted octanol–water partition coefficient (Wildman–Crippen LogP) is 20.5. The highest BCUT2D eigenvalue weighted by molar-refractivity contribution is 5.70. The van der Waals surface area contributed by atoms with E-state index in [-0.39, 0.29) is 25.2 Å². The maximum Gasteiger partial charge on any atom is 0.306 e. The van der Waals surface area contributed by atoms with Gasteiger partial charge in [-0.3, -0.25) is 9.59 Å². The number of carbonyl (C=O) groups excluding carboxylic acids is 2. The summed E-state index contributed by atoms with van der Waals surface area (Å²) in [6, 6.07) is 0. The maximum atomic E-state index is 12.9. The van der Waals surface area contributed by atoms with E-state index in [1.165, 1.54) is 212 Å². The lowest BCUT2D eigenvalue weighted by Gasteiger charge is -2.18. The topological polar surface area (TPSA) is 61.8 Å². The Morgan fingerprint density at radius 2 is 0.632 bits per heavy atom. The summed E-state index contributed by atoms with van der Waals surface area (Å²) in [6.07, 6.45) is 75.3. The second-order valence-electron chi connectivity index (χ2n) is 19.9. The zero-order valence-corrected chi connectivity index (χ0v) is 45.6. The van der Waals surface area contributed by atoms with Gasteiger partial charge in [-0.1, -0.05) is 268 Å². The van der Waals surface area contributed by atoms with E-state index >= 15 is 0 Å². The van der Waals surface area contributed by atoms with Crippen molar-refractivity contribution in [1.82, 2.24) is 0 Å². The highest BCUT2D eigenvalue weighted by Gasteiger charge is 2.17. The average Bonchev–Trinajstić information content (AvgIpc) is 3.34. The third-order valence-electron chi connectivity index (χ3n) is 13.0. The second kappa shape index (κ2) is 58.9. The molecular formula is C63H114O5. The molecule has 396 valence electrons. The van der Waals surface area contributed by atoms with Crippen LogP contribution in [-0.2, 0) is 23.8 Å². The second-order valence-corrected chi connectivity index (χ2v) is 19.9. The van der Waals surface area contributed by atoms with Crippen molar-refractivity contribution in [1.29, 1.82) is 0 Å². The highest BCUT2D eigenvalue weighted by atomic mass is 16.6. The molecule has 0 aliphatic heterocycles. The Balaban J connectivity index is 4.32. The van der Waals surface area contributed by atoms with Gasteiger partial charge in [0.15, 0.2) is 6.10 Å². The lowest BCUT2D eigenvalue weighted by molar-refractivity contribution is -0.163. The van der Waals surface area contributed by atoms with Crippen molar-refractivity contribution in [3.8, 4) is 0 Å². The molecule has 0 aromatic carbocycles. The first-order valence-corrected chi connectivity index (χ1v) is 29.8. The molecule has 0 heterocycles. The van der Waals surface area contributed by atoms with Gasteiger partial charge in [-0.15, -0.1) is 0 Å². The van der Waals surface area contributed by atoms with E-state index in [4.69, 9.17) is 14.2 Å². The fraction of sp³-hybridized carbons (Fsp3) is 0.810. The molecule has 0 spiro atoms. The standard InChI is InChI=1S/C63H114O5/c1-4-7-10-13-16-19-22-25-28-31-32-34-36-39-42-45-48-51-54-57-63(65)68-61(59-66-58-55-52-49-46-43-40-37-30-27-24-21-18-15-12-9-6-3)60-67-62(64)56-53-50-47-44-41-38-35-33-29-26-23-20-17-14-11-8-5-2/h17,20,25-26,28-29,35,38,44,47,61H,4-16,18-19,21-24,27,30-34,36-37,39-43,45-46,48-60H2,1-3H3/b20-17-,28-25-,29-26-,38-35-,47-44-/t61-/m1/s1. The Morgan fingerprint density at radius 3 is 1.07 bits per heavy atom. The summed E-state index contributed by atoms with van der Waals surface area (Å²) < 4.78 is 17.5. The van der Waals surface area contributed by atoms with Crippen LogP contribution in [0.25, 0.3) is 0 Å². The van der Waals surface area contributed by atoms with Gasteiger partial charge in [0, 0.05) is 19.4 Å². The van der Waals surface area contributed by atoms with Gasteiger partial charge in [0.25, 0.3) is 0 Å². The number of rotatable bonds is 55. The minimum absolute atomic E-state index is 0.0589. The zero-order valence-electron chi connectivity index (χ0n) is 45.6. The fourth-order valence-electron chi connectivity index (χ4n) is 8.56. The molecule has 0 aromatic rings. The largest absolute Gasteiger partial charge is 0.462 e. The normalized spacial score (nSPS) is 12.6. The van der Waals surface area contributed by atoms with E-state index in [2.05, 4.69) is 81.5 Å². The molecule has 0 saturated heterocycles. The van der Waals surface area contributed by atoms with E-state index < -0.39 is 6.10 Å². The number of unbranched alkanes of at least 4 members (excludes halogenated alkanes) is 34. The highest BCUT2D eigenvalue weighted by Crippen LogP contribution is 2.16. The molecule has 0 aliphatic rings. The molecule has 0 N–H and O–H groups in total. The first-order valence-electron chi connectivity index (χ1n) is 29.8. The van der Waals surface area contributed by atoms with Gasteiger partial charge in [-0.2, -0.15) is 0 Å². The molecule has 0 unspecified atom stereocenters. The first-order chi connectivity index (χ1) is 33.6. The van der Waals surface area contributed by atoms with E-state index in [0.717, 1.165) is 57.8 Å². The first kappa shape index (κ1) is 65.6. The summed E-state index contributed by atoms with van der Waals surface area (Å²) in [4.78, 5) is 25.5. The van der Waals surface area contributed by atoms with Gasteiger partial charge in [-0.05, 0) is 83.5 Å². The van der Waals surface area contributed by atoms with Crippen LogP contribution in [0, 0.1) is 0 Å². The molecule has 68 heavy (non-hydrogen) atoms. The van der Waals surface area contributed by atoms with Crippen LogP contribution in [0.5, 0.6) is 0 Å². The molecular weight excluding hydrogens is 837 g/mol. The van der Waals surface area contributed by atoms with Gasteiger partial charge in [0.1, 0.15) is 6.61 Å². The van der Waals surface area contributed by atoms with Crippen molar-refractivity contribution in [2.75, 3.05) is 19.8 Å². The van der Waals surface area contributed by atoms with Crippen molar-refractivity contribution in [3.05, 3.63) is 60.8 Å². The molecule has 0 saturated carbocycles. The molecule has 0 radical (unpaired) electrons. The average molecular weight is 952 g/mol. The number of ether oxygens (including phenoxy) is 3. The molecule has 1 atom stereocenters. The smallest absolute Gasteiger partial charge is 0.306 e. The van der Waals surface area contributed by atoms with Crippen molar-refractivity contribution < 1.29 is 23.8 Å². The number of hydrogen-bond acceptors (Lipinski definition) is 5. The summed E-state index contributed by atoms with van der Waals surface area (Å²) in [5.41, 5.74) is 0. The third-order valence-corrected chi connectivity index (χ3v) is 13.0. The van der Waals surface area contributed by atoms with Gasteiger partial charge in [-0.25, -0.2) is 0 Å². The van der Waals surface area contributed by atoms with Crippen molar-refractivity contribution in [2.45, 2.75) is 309 Å². The fourth-order valence-corrected chi connectivity index (χ4v) is 8.56. The molecule has 5 nitrogen and oxygen atoms in total. The number of hydrogen-bond donors (Lipinski definition) is 0. The van der Waals surface area contributed by atoms with Crippen LogP contribution in [0.3, 0.4) is 0 Å². The Hall–Kier alpha value is -2.40. The quantitative estimate of drug-likeness (QED) is 0.0345. The number of esters is 2. The predicted molar refractivity (Wildman–Crippen MR) is 298 cm³/mol. The van der Waals surface area contributed by atoms with E-state index in [0.29, 0.717) is 19.4 Å². The summed E-state index contributed by atoms with van der Waals surface area (Å²) in [7, 11) is 0. The molecule has 0 rings (SSSR count). The van der Waals surface area contributed by atoms with Crippen LogP contribution >= 0.6 is 0 Å². The van der Waals surface area contributed by atoms with Crippen molar-refractivity contribution in [3.63, 3.8) is 0 Å². The number of carbonyl (C=O) groups is 2. The lowest BCUT2D eigenvalue weighted by atomic mass is 10.0. The van der Waals surface area contributed by atoms with Crippen LogP contribution < -0.4 is 0 Å². The van der Waals surface area contributed by atoms with Crippen LogP contribution in [0.4, 0.5) is 0 Å². The Bertz CT molecular complexity index is 1170. The minimum atomic E-state index is -0.558. The monoisotopic (exact) mass is 951 g/mol. The van der Waals surface area contributed by atoms with E-state index in [9.17, 15) is 9.59 Å². The molecule has 0 amide bonds. The Kier molecular flexibility index (Phi) is 56.8. The van der Waals surface area contributed by atoms with Gasteiger partial charge < -0.3 is 14.2 Å². The maximum absolute atomic E-state index is 12.9. The summed E-state index contributed by atoms with van der Waals surface area (Å²) in [5.74, 6) is -0.450. The summed E-state index contributed by atoms with van der Waals surface area (Å²) >= 11 is 0. The lowest BCUT2D eigenvalue weighted by Crippen LogP contribution is -2.30. The molecule has 0 aromatic heterocycles.